The van der Waals surface area contributed by atoms with E-state index in [1.54, 1.807) is 12.1 Å². The quantitative estimate of drug-likeness (QED) is 0.779. The lowest BCUT2D eigenvalue weighted by Gasteiger charge is -2.35. The SMILES string of the molecule is C[C@H]1COCCN1C(=S)NC(=O)c1ccccc1. The van der Waals surface area contributed by atoms with Gasteiger partial charge in [0.05, 0.1) is 19.3 Å². The Kier molecular flexibility index (Phi) is 4.28. The molecule has 1 aliphatic heterocycles. The fraction of sp³-hybridized carbons (Fsp3) is 0.385. The molecule has 0 unspecified atom stereocenters. The molecular weight excluding hydrogens is 248 g/mol. The number of thiocarbonyl (C=S) groups is 1. The lowest BCUT2D eigenvalue weighted by atomic mass is 10.2. The maximum atomic E-state index is 11.9. The summed E-state index contributed by atoms with van der Waals surface area (Å²) >= 11 is 5.27. The summed E-state index contributed by atoms with van der Waals surface area (Å²) in [5, 5.41) is 3.23. The van der Waals surface area contributed by atoms with Crippen LogP contribution in [0.3, 0.4) is 0 Å². The molecule has 1 amide bonds. The van der Waals surface area contributed by atoms with Crippen molar-refractivity contribution in [2.75, 3.05) is 19.8 Å². The summed E-state index contributed by atoms with van der Waals surface area (Å²) in [4.78, 5) is 13.9. The molecule has 0 aromatic heterocycles. The van der Waals surface area contributed by atoms with Gasteiger partial charge in [0, 0.05) is 12.1 Å². The van der Waals surface area contributed by atoms with Gasteiger partial charge in [-0.15, -0.1) is 0 Å². The predicted octanol–water partition coefficient (Wildman–Crippen LogP) is 1.42. The highest BCUT2D eigenvalue weighted by molar-refractivity contribution is 7.80. The van der Waals surface area contributed by atoms with Crippen LogP contribution in [-0.4, -0.2) is 41.7 Å². The molecule has 0 saturated carbocycles. The van der Waals surface area contributed by atoms with Gasteiger partial charge in [0.25, 0.3) is 5.91 Å². The average Bonchev–Trinajstić information content (AvgIpc) is 2.40. The van der Waals surface area contributed by atoms with Crippen molar-refractivity contribution in [2.45, 2.75) is 13.0 Å². The third kappa shape index (κ3) is 3.05. The van der Waals surface area contributed by atoms with Crippen molar-refractivity contribution >= 4 is 23.2 Å². The molecule has 1 heterocycles. The Morgan fingerprint density at radius 2 is 2.17 bits per heavy atom. The molecule has 0 spiro atoms. The number of rotatable bonds is 1. The smallest absolute Gasteiger partial charge is 0.257 e. The number of amides is 1. The molecule has 4 nitrogen and oxygen atoms in total. The Bertz CT molecular complexity index is 436. The molecule has 2 rings (SSSR count). The van der Waals surface area contributed by atoms with Crippen LogP contribution in [0.2, 0.25) is 0 Å². The second kappa shape index (κ2) is 5.93. The number of carbonyl (C=O) groups excluding carboxylic acids is 1. The van der Waals surface area contributed by atoms with Crippen LogP contribution in [0.4, 0.5) is 0 Å². The van der Waals surface area contributed by atoms with Gasteiger partial charge in [0.15, 0.2) is 5.11 Å². The highest BCUT2D eigenvalue weighted by atomic mass is 32.1. The van der Waals surface area contributed by atoms with E-state index in [4.69, 9.17) is 17.0 Å². The van der Waals surface area contributed by atoms with Crippen molar-refractivity contribution in [3.8, 4) is 0 Å². The van der Waals surface area contributed by atoms with E-state index in [0.29, 0.717) is 23.9 Å². The first-order valence-electron chi connectivity index (χ1n) is 5.93. The van der Waals surface area contributed by atoms with Gasteiger partial charge in [-0.25, -0.2) is 0 Å². The van der Waals surface area contributed by atoms with E-state index < -0.39 is 0 Å². The first-order chi connectivity index (χ1) is 8.68. The van der Waals surface area contributed by atoms with Crippen LogP contribution in [-0.2, 0) is 4.74 Å². The zero-order valence-electron chi connectivity index (χ0n) is 10.3. The monoisotopic (exact) mass is 264 g/mol. The van der Waals surface area contributed by atoms with E-state index in [1.807, 2.05) is 30.0 Å². The summed E-state index contributed by atoms with van der Waals surface area (Å²) in [5.74, 6) is -0.167. The van der Waals surface area contributed by atoms with E-state index in [9.17, 15) is 4.79 Å². The molecule has 0 aliphatic carbocycles. The second-order valence-electron chi connectivity index (χ2n) is 4.24. The van der Waals surface area contributed by atoms with Crippen LogP contribution in [0.25, 0.3) is 0 Å². The van der Waals surface area contributed by atoms with Crippen LogP contribution < -0.4 is 5.32 Å². The van der Waals surface area contributed by atoms with Crippen molar-refractivity contribution in [2.24, 2.45) is 0 Å². The van der Waals surface area contributed by atoms with Crippen LogP contribution in [0.5, 0.6) is 0 Å². The molecule has 1 atom stereocenters. The van der Waals surface area contributed by atoms with Crippen LogP contribution >= 0.6 is 12.2 Å². The number of hydrogen-bond acceptors (Lipinski definition) is 3. The maximum Gasteiger partial charge on any atom is 0.257 e. The first-order valence-corrected chi connectivity index (χ1v) is 6.34. The fourth-order valence-electron chi connectivity index (χ4n) is 1.86. The molecule has 1 aromatic rings. The van der Waals surface area contributed by atoms with Gasteiger partial charge in [0.1, 0.15) is 0 Å². The van der Waals surface area contributed by atoms with Gasteiger partial charge in [-0.2, -0.15) is 0 Å². The minimum atomic E-state index is -0.167. The van der Waals surface area contributed by atoms with E-state index >= 15 is 0 Å². The minimum Gasteiger partial charge on any atom is -0.377 e. The highest BCUT2D eigenvalue weighted by Gasteiger charge is 2.22. The number of benzene rings is 1. The number of ether oxygens (including phenoxy) is 1. The Morgan fingerprint density at radius 3 is 2.83 bits per heavy atom. The standard InChI is InChI=1S/C13H16N2O2S/c1-10-9-17-8-7-15(10)13(18)14-12(16)11-5-3-2-4-6-11/h2-6,10H,7-9H2,1H3,(H,14,16,18)/t10-/m0/s1. The third-order valence-corrected chi connectivity index (χ3v) is 3.22. The summed E-state index contributed by atoms with van der Waals surface area (Å²) < 4.78 is 5.34. The van der Waals surface area contributed by atoms with E-state index in [1.165, 1.54) is 0 Å². The Labute approximate surface area is 112 Å². The number of nitrogens with one attached hydrogen (secondary N) is 1. The van der Waals surface area contributed by atoms with Crippen LogP contribution in [0.1, 0.15) is 17.3 Å². The number of nitrogens with zero attached hydrogens (tertiary/aromatic N) is 1. The topological polar surface area (TPSA) is 41.6 Å². The molecule has 96 valence electrons. The lowest BCUT2D eigenvalue weighted by molar-refractivity contribution is 0.0327. The minimum absolute atomic E-state index is 0.167. The zero-order valence-corrected chi connectivity index (χ0v) is 11.1. The fourth-order valence-corrected chi connectivity index (χ4v) is 2.22. The van der Waals surface area contributed by atoms with Crippen molar-refractivity contribution in [1.82, 2.24) is 10.2 Å². The van der Waals surface area contributed by atoms with Gasteiger partial charge in [-0.05, 0) is 31.3 Å². The largest absolute Gasteiger partial charge is 0.377 e. The van der Waals surface area contributed by atoms with Crippen molar-refractivity contribution < 1.29 is 9.53 Å². The summed E-state index contributed by atoms with van der Waals surface area (Å²) in [6.45, 7) is 4.03. The summed E-state index contributed by atoms with van der Waals surface area (Å²) in [5.41, 5.74) is 0.612. The van der Waals surface area contributed by atoms with Gasteiger partial charge in [0.2, 0.25) is 0 Å². The van der Waals surface area contributed by atoms with Gasteiger partial charge in [-0.3, -0.25) is 10.1 Å². The average molecular weight is 264 g/mol. The van der Waals surface area contributed by atoms with E-state index in [-0.39, 0.29) is 11.9 Å². The molecule has 0 radical (unpaired) electrons. The summed E-state index contributed by atoms with van der Waals surface area (Å²) in [7, 11) is 0. The molecule has 1 aromatic carbocycles. The van der Waals surface area contributed by atoms with Crippen LogP contribution in [0, 0.1) is 0 Å². The van der Waals surface area contributed by atoms with Gasteiger partial charge >= 0.3 is 0 Å². The third-order valence-electron chi connectivity index (χ3n) is 2.88. The summed E-state index contributed by atoms with van der Waals surface area (Å²) in [6, 6.07) is 9.26. The lowest BCUT2D eigenvalue weighted by Crippen LogP contribution is -2.52. The highest BCUT2D eigenvalue weighted by Crippen LogP contribution is 2.07. The van der Waals surface area contributed by atoms with Crippen molar-refractivity contribution in [1.29, 1.82) is 0 Å². The van der Waals surface area contributed by atoms with Crippen molar-refractivity contribution in [3.63, 3.8) is 0 Å². The predicted molar refractivity (Wildman–Crippen MR) is 73.5 cm³/mol. The van der Waals surface area contributed by atoms with Gasteiger partial charge < -0.3 is 9.64 Å². The second-order valence-corrected chi connectivity index (χ2v) is 4.63. The van der Waals surface area contributed by atoms with Crippen LogP contribution in [0.15, 0.2) is 30.3 Å². The zero-order chi connectivity index (χ0) is 13.0. The van der Waals surface area contributed by atoms with Gasteiger partial charge in [-0.1, -0.05) is 18.2 Å². The summed E-state index contributed by atoms with van der Waals surface area (Å²) in [6.07, 6.45) is 0. The molecule has 1 saturated heterocycles. The van der Waals surface area contributed by atoms with E-state index in [2.05, 4.69) is 5.32 Å². The molecule has 18 heavy (non-hydrogen) atoms. The Balaban J connectivity index is 1.97. The molecule has 5 heteroatoms. The maximum absolute atomic E-state index is 11.9. The normalized spacial score (nSPS) is 19.4. The van der Waals surface area contributed by atoms with Crippen molar-refractivity contribution in [3.05, 3.63) is 35.9 Å². The molecule has 1 fully saturated rings. The first kappa shape index (κ1) is 13.0. The van der Waals surface area contributed by atoms with E-state index in [0.717, 1.165) is 6.54 Å². The molecular formula is C13H16N2O2S. The molecule has 0 bridgehead atoms. The molecule has 1 N–H and O–H groups in total. The number of hydrogen-bond donors (Lipinski definition) is 1. The number of morpholine rings is 1. The Morgan fingerprint density at radius 1 is 1.44 bits per heavy atom. The Hall–Kier alpha value is -1.46. The number of carbonyl (C=O) groups is 1. The molecule has 1 aliphatic rings.